The van der Waals surface area contributed by atoms with E-state index in [2.05, 4.69) is 5.32 Å². The van der Waals surface area contributed by atoms with Gasteiger partial charge in [-0.15, -0.1) is 0 Å². The highest BCUT2D eigenvalue weighted by Crippen LogP contribution is 2.22. The van der Waals surface area contributed by atoms with Crippen LogP contribution in [0, 0.1) is 13.8 Å². The molecule has 1 N–H and O–H groups in total. The van der Waals surface area contributed by atoms with E-state index in [1.54, 1.807) is 0 Å². The molecule has 0 radical (unpaired) electrons. The third-order valence-corrected chi connectivity index (χ3v) is 4.04. The fourth-order valence-electron chi connectivity index (χ4n) is 2.58. The minimum Gasteiger partial charge on any atom is -0.340 e. The van der Waals surface area contributed by atoms with Gasteiger partial charge in [-0.2, -0.15) is 0 Å². The summed E-state index contributed by atoms with van der Waals surface area (Å²) in [6, 6.07) is 15.9. The van der Waals surface area contributed by atoms with E-state index in [0.717, 1.165) is 22.2 Å². The molecule has 1 heterocycles. The van der Waals surface area contributed by atoms with Crippen LogP contribution in [0.25, 0.3) is 10.9 Å². The van der Waals surface area contributed by atoms with Crippen LogP contribution in [0.2, 0.25) is 0 Å². The summed E-state index contributed by atoms with van der Waals surface area (Å²) < 4.78 is 1.93. The first-order chi connectivity index (χ1) is 10.1. The number of para-hydroxylation sites is 1. The Labute approximate surface area is 124 Å². The second-order valence-electron chi connectivity index (χ2n) is 5.35. The van der Waals surface area contributed by atoms with E-state index in [1.165, 1.54) is 5.56 Å². The first-order valence-electron chi connectivity index (χ1n) is 7.00. The van der Waals surface area contributed by atoms with Gasteiger partial charge in [0.05, 0.1) is 0 Å². The molecule has 0 atom stereocenters. The predicted molar refractivity (Wildman–Crippen MR) is 86.8 cm³/mol. The highest BCUT2D eigenvalue weighted by atomic mass is 16.1. The molecule has 0 spiro atoms. The van der Waals surface area contributed by atoms with Crippen LogP contribution in [-0.2, 0) is 7.05 Å². The number of carbonyl (C=O) groups excluding carboxylic acids is 1. The number of benzene rings is 2. The van der Waals surface area contributed by atoms with E-state index in [9.17, 15) is 4.79 Å². The van der Waals surface area contributed by atoms with Crippen molar-refractivity contribution in [2.45, 2.75) is 13.8 Å². The second-order valence-corrected chi connectivity index (χ2v) is 5.35. The summed E-state index contributed by atoms with van der Waals surface area (Å²) in [5.74, 6) is -0.0811. The number of nitrogens with zero attached hydrogens (tertiary/aromatic N) is 1. The summed E-state index contributed by atoms with van der Waals surface area (Å²) in [6.07, 6.45) is 0. The first-order valence-corrected chi connectivity index (χ1v) is 7.00. The maximum absolute atomic E-state index is 12.5. The topological polar surface area (TPSA) is 34.0 Å². The monoisotopic (exact) mass is 278 g/mol. The van der Waals surface area contributed by atoms with E-state index < -0.39 is 0 Å². The molecule has 0 fully saturated rings. The van der Waals surface area contributed by atoms with Crippen LogP contribution in [-0.4, -0.2) is 10.5 Å². The van der Waals surface area contributed by atoms with E-state index in [4.69, 9.17) is 0 Å². The number of hydrogen-bond acceptors (Lipinski definition) is 1. The maximum atomic E-state index is 12.5. The third-order valence-electron chi connectivity index (χ3n) is 4.04. The number of nitrogens with one attached hydrogen (secondary N) is 1. The summed E-state index contributed by atoms with van der Waals surface area (Å²) in [5, 5.41) is 4.08. The molecule has 0 saturated heterocycles. The number of aryl methyl sites for hydroxylation is 2. The molecule has 3 nitrogen and oxygen atoms in total. The molecular formula is C18H18N2O. The van der Waals surface area contributed by atoms with Crippen LogP contribution in [0.4, 0.5) is 5.69 Å². The van der Waals surface area contributed by atoms with Gasteiger partial charge in [0.15, 0.2) is 0 Å². The van der Waals surface area contributed by atoms with Crippen molar-refractivity contribution < 1.29 is 4.79 Å². The van der Waals surface area contributed by atoms with Crippen LogP contribution in [0.3, 0.4) is 0 Å². The number of fused-ring (bicyclic) bond motifs is 1. The molecule has 0 aliphatic heterocycles. The zero-order valence-electron chi connectivity index (χ0n) is 12.5. The Hall–Kier alpha value is -2.55. The Kier molecular flexibility index (Phi) is 3.26. The van der Waals surface area contributed by atoms with Crippen molar-refractivity contribution in [2.75, 3.05) is 5.32 Å². The van der Waals surface area contributed by atoms with Gasteiger partial charge in [0, 0.05) is 23.6 Å². The van der Waals surface area contributed by atoms with Gasteiger partial charge in [-0.25, -0.2) is 0 Å². The molecule has 3 aromatic rings. The fourth-order valence-corrected chi connectivity index (χ4v) is 2.58. The Morgan fingerprint density at radius 1 is 1.05 bits per heavy atom. The molecule has 1 aromatic heterocycles. The molecule has 3 rings (SSSR count). The number of aromatic nitrogens is 1. The average Bonchev–Trinajstić information content (AvgIpc) is 2.82. The van der Waals surface area contributed by atoms with Crippen LogP contribution < -0.4 is 5.32 Å². The standard InChI is InChI=1S/C18H18N2O/c1-12-7-6-9-15(13(12)2)19-18(21)17-11-14-8-4-5-10-16(14)20(17)3/h4-11H,1-3H3,(H,19,21). The fraction of sp³-hybridized carbons (Fsp3) is 0.167. The summed E-state index contributed by atoms with van der Waals surface area (Å²) in [5.41, 5.74) is 4.86. The first kappa shape index (κ1) is 13.4. The summed E-state index contributed by atoms with van der Waals surface area (Å²) in [7, 11) is 1.92. The Morgan fingerprint density at radius 2 is 1.81 bits per heavy atom. The zero-order valence-corrected chi connectivity index (χ0v) is 12.5. The van der Waals surface area contributed by atoms with Gasteiger partial charge in [-0.05, 0) is 43.2 Å². The lowest BCUT2D eigenvalue weighted by Gasteiger charge is -2.10. The Balaban J connectivity index is 1.97. The quantitative estimate of drug-likeness (QED) is 0.754. The van der Waals surface area contributed by atoms with E-state index in [1.807, 2.05) is 74.0 Å². The van der Waals surface area contributed by atoms with Gasteiger partial charge < -0.3 is 9.88 Å². The van der Waals surface area contributed by atoms with Crippen LogP contribution in [0.15, 0.2) is 48.5 Å². The highest BCUT2D eigenvalue weighted by Gasteiger charge is 2.14. The second kappa shape index (κ2) is 5.09. The molecule has 2 aromatic carbocycles. The van der Waals surface area contributed by atoms with Gasteiger partial charge in [0.2, 0.25) is 0 Å². The van der Waals surface area contributed by atoms with Gasteiger partial charge in [0.25, 0.3) is 5.91 Å². The van der Waals surface area contributed by atoms with Crippen molar-refractivity contribution >= 4 is 22.5 Å². The van der Waals surface area contributed by atoms with E-state index in [-0.39, 0.29) is 5.91 Å². The molecule has 0 unspecified atom stereocenters. The lowest BCUT2D eigenvalue weighted by Crippen LogP contribution is -2.16. The largest absolute Gasteiger partial charge is 0.340 e. The zero-order chi connectivity index (χ0) is 15.0. The average molecular weight is 278 g/mol. The molecular weight excluding hydrogens is 260 g/mol. The van der Waals surface area contributed by atoms with Crippen molar-refractivity contribution in [3.8, 4) is 0 Å². The van der Waals surface area contributed by atoms with Gasteiger partial charge in [-0.1, -0.05) is 30.3 Å². The summed E-state index contributed by atoms with van der Waals surface area (Å²) in [4.78, 5) is 12.5. The molecule has 1 amide bonds. The van der Waals surface area contributed by atoms with Crippen molar-refractivity contribution in [3.05, 3.63) is 65.4 Å². The number of amides is 1. The summed E-state index contributed by atoms with van der Waals surface area (Å²) >= 11 is 0. The predicted octanol–water partition coefficient (Wildman–Crippen LogP) is 4.05. The lowest BCUT2D eigenvalue weighted by molar-refractivity contribution is 0.101. The normalized spacial score (nSPS) is 10.8. The molecule has 0 aliphatic rings. The molecule has 0 saturated carbocycles. The van der Waals surface area contributed by atoms with Gasteiger partial charge >= 0.3 is 0 Å². The van der Waals surface area contributed by atoms with Crippen molar-refractivity contribution in [3.63, 3.8) is 0 Å². The number of carbonyl (C=O) groups is 1. The van der Waals surface area contributed by atoms with Crippen molar-refractivity contribution in [1.29, 1.82) is 0 Å². The third kappa shape index (κ3) is 2.31. The Bertz CT molecular complexity index is 830. The highest BCUT2D eigenvalue weighted by molar-refractivity contribution is 6.06. The van der Waals surface area contributed by atoms with Crippen molar-refractivity contribution in [2.24, 2.45) is 7.05 Å². The number of anilines is 1. The smallest absolute Gasteiger partial charge is 0.272 e. The minimum atomic E-state index is -0.0811. The minimum absolute atomic E-state index is 0.0811. The van der Waals surface area contributed by atoms with Crippen LogP contribution in [0.5, 0.6) is 0 Å². The SMILES string of the molecule is Cc1cccc(NC(=O)c2cc3ccccc3n2C)c1C. The van der Waals surface area contributed by atoms with Gasteiger partial charge in [-0.3, -0.25) is 4.79 Å². The Morgan fingerprint density at radius 3 is 2.57 bits per heavy atom. The van der Waals surface area contributed by atoms with E-state index >= 15 is 0 Å². The summed E-state index contributed by atoms with van der Waals surface area (Å²) in [6.45, 7) is 4.06. The molecule has 106 valence electrons. The molecule has 0 aliphatic carbocycles. The molecule has 3 heteroatoms. The molecule has 21 heavy (non-hydrogen) atoms. The number of rotatable bonds is 2. The van der Waals surface area contributed by atoms with Crippen LogP contribution in [0.1, 0.15) is 21.6 Å². The molecule has 0 bridgehead atoms. The van der Waals surface area contributed by atoms with Gasteiger partial charge in [0.1, 0.15) is 5.69 Å². The lowest BCUT2D eigenvalue weighted by atomic mass is 10.1. The van der Waals surface area contributed by atoms with Crippen LogP contribution >= 0.6 is 0 Å². The van der Waals surface area contributed by atoms with Crippen molar-refractivity contribution in [1.82, 2.24) is 4.57 Å². The number of hydrogen-bond donors (Lipinski definition) is 1. The maximum Gasteiger partial charge on any atom is 0.272 e. The van der Waals surface area contributed by atoms with E-state index in [0.29, 0.717) is 5.69 Å².